The Labute approximate surface area is 163 Å². The molecule has 0 radical (unpaired) electrons. The molecule has 0 unspecified atom stereocenters. The number of nitriles is 1. The normalized spacial score (nSPS) is 12.9. The van der Waals surface area contributed by atoms with E-state index in [1.54, 1.807) is 0 Å². The van der Waals surface area contributed by atoms with E-state index in [4.69, 9.17) is 16.6 Å². The van der Waals surface area contributed by atoms with E-state index in [0.29, 0.717) is 11.6 Å². The number of hydrogen-bond donors (Lipinski definition) is 3. The number of aliphatic hydroxyl groups excluding tert-OH is 1. The Morgan fingerprint density at radius 2 is 1.90 bits per heavy atom. The zero-order valence-corrected chi connectivity index (χ0v) is 14.7. The predicted octanol–water partition coefficient (Wildman–Crippen LogP) is 2.87. The van der Waals surface area contributed by atoms with Gasteiger partial charge in [-0.15, -0.1) is 0 Å². The number of hydrogen-bond acceptors (Lipinski definition) is 5. The van der Waals surface area contributed by atoms with Crippen molar-refractivity contribution in [1.82, 2.24) is 0 Å². The number of ether oxygens (including phenoxy) is 1. The van der Waals surface area contributed by atoms with Crippen molar-refractivity contribution in [2.45, 2.75) is 11.8 Å². The highest BCUT2D eigenvalue weighted by atomic mass is 19.4. The zero-order valence-electron chi connectivity index (χ0n) is 14.7. The highest BCUT2D eigenvalue weighted by molar-refractivity contribution is 5.97. The molecule has 29 heavy (non-hydrogen) atoms. The Kier molecular flexibility index (Phi) is 6.44. The molecule has 0 spiro atoms. The summed E-state index contributed by atoms with van der Waals surface area (Å²) >= 11 is 0. The number of carbonyl (C=O) groups excluding carboxylic acids is 1. The van der Waals surface area contributed by atoms with E-state index in [-0.39, 0.29) is 11.4 Å². The van der Waals surface area contributed by atoms with Crippen LogP contribution in [0.15, 0.2) is 42.5 Å². The molecule has 1 amide bonds. The lowest BCUT2D eigenvalue weighted by Crippen LogP contribution is -2.51. The van der Waals surface area contributed by atoms with Crippen LogP contribution in [0.4, 0.5) is 24.5 Å². The van der Waals surface area contributed by atoms with Crippen LogP contribution in [0.3, 0.4) is 0 Å². The maximum atomic E-state index is 13.0. The third-order valence-electron chi connectivity index (χ3n) is 3.83. The van der Waals surface area contributed by atoms with Crippen LogP contribution in [0.5, 0.6) is 5.75 Å². The molecule has 2 aromatic carbocycles. The van der Waals surface area contributed by atoms with E-state index in [1.165, 1.54) is 24.3 Å². The van der Waals surface area contributed by atoms with Crippen LogP contribution >= 0.6 is 0 Å². The van der Waals surface area contributed by atoms with Gasteiger partial charge in [0.25, 0.3) is 5.91 Å². The van der Waals surface area contributed by atoms with Crippen molar-refractivity contribution < 1.29 is 32.9 Å². The summed E-state index contributed by atoms with van der Waals surface area (Å²) in [6.45, 7) is 5.03. The fraction of sp³-hybridized carbons (Fsp3) is 0.211. The Hall–Kier alpha value is -3.60. The summed E-state index contributed by atoms with van der Waals surface area (Å²) in [5.74, 6) is -0.998. The first-order valence-corrected chi connectivity index (χ1v) is 7.99. The van der Waals surface area contributed by atoms with E-state index in [1.807, 2.05) is 6.07 Å². The lowest BCUT2D eigenvalue weighted by atomic mass is 10.1. The summed E-state index contributed by atoms with van der Waals surface area (Å²) in [4.78, 5) is 15.1. The van der Waals surface area contributed by atoms with Gasteiger partial charge in [-0.05, 0) is 36.4 Å². The number of aliphatic hydroxyl groups is 2. The quantitative estimate of drug-likeness (QED) is 0.641. The second kappa shape index (κ2) is 8.61. The minimum absolute atomic E-state index is 0.199. The van der Waals surface area contributed by atoms with Crippen LogP contribution in [0.25, 0.3) is 4.85 Å². The number of amides is 1. The zero-order chi connectivity index (χ0) is 21.7. The predicted molar refractivity (Wildman–Crippen MR) is 95.0 cm³/mol. The molecule has 0 bridgehead atoms. The van der Waals surface area contributed by atoms with Crippen LogP contribution in [0.2, 0.25) is 0 Å². The van der Waals surface area contributed by atoms with Gasteiger partial charge in [-0.3, -0.25) is 4.79 Å². The largest absolute Gasteiger partial charge is 0.490 e. The van der Waals surface area contributed by atoms with Gasteiger partial charge in [0, 0.05) is 5.69 Å². The smallest absolute Gasteiger partial charge is 0.407 e. The molecule has 0 aromatic heterocycles. The Morgan fingerprint density at radius 1 is 1.24 bits per heavy atom. The molecule has 0 saturated heterocycles. The molecule has 2 aromatic rings. The molecule has 0 aliphatic heterocycles. The van der Waals surface area contributed by atoms with Gasteiger partial charge < -0.3 is 20.3 Å². The summed E-state index contributed by atoms with van der Waals surface area (Å²) in [6, 6.07) is 10.1. The average Bonchev–Trinajstić information content (AvgIpc) is 2.71. The molecular weight excluding hydrogens is 391 g/mol. The lowest BCUT2D eigenvalue weighted by Gasteiger charge is -2.25. The van der Waals surface area contributed by atoms with E-state index in [2.05, 4.69) is 10.2 Å². The number of carbonyl (C=O) groups is 1. The van der Waals surface area contributed by atoms with Gasteiger partial charge in [0.05, 0.1) is 30.4 Å². The SMILES string of the molecule is [C-]#[N+]c1ccc(NC(=O)[C@](O)(CO)COc2ccc(C#N)cc2)cc1C(F)(F)F. The summed E-state index contributed by atoms with van der Waals surface area (Å²) in [6.07, 6.45) is -4.81. The summed E-state index contributed by atoms with van der Waals surface area (Å²) < 4.78 is 44.3. The highest BCUT2D eigenvalue weighted by Crippen LogP contribution is 2.38. The van der Waals surface area contributed by atoms with Crippen molar-refractivity contribution in [3.8, 4) is 11.8 Å². The summed E-state index contributed by atoms with van der Waals surface area (Å²) in [5, 5.41) is 30.6. The maximum absolute atomic E-state index is 13.0. The Morgan fingerprint density at radius 3 is 2.41 bits per heavy atom. The van der Waals surface area contributed by atoms with Crippen molar-refractivity contribution >= 4 is 17.3 Å². The fourth-order valence-corrected chi connectivity index (χ4v) is 2.20. The van der Waals surface area contributed by atoms with Crippen molar-refractivity contribution in [2.24, 2.45) is 0 Å². The molecule has 0 aliphatic carbocycles. The summed E-state index contributed by atoms with van der Waals surface area (Å²) in [5.41, 5.74) is -4.30. The average molecular weight is 405 g/mol. The van der Waals surface area contributed by atoms with Crippen molar-refractivity contribution in [3.05, 3.63) is 65.0 Å². The molecule has 0 aliphatic rings. The van der Waals surface area contributed by atoms with Gasteiger partial charge in [0.15, 0.2) is 5.69 Å². The number of nitrogens with zero attached hydrogens (tertiary/aromatic N) is 2. The maximum Gasteiger partial charge on any atom is 0.407 e. The second-order valence-electron chi connectivity index (χ2n) is 5.91. The third kappa shape index (κ3) is 5.23. The standard InChI is InChI=1S/C19H14F3N3O4/c1-24-16-7-4-13(8-15(16)19(20,21)22)25-17(27)18(28,10-26)11-29-14-5-2-12(9-23)3-6-14/h2-8,26,28H,10-11H2,(H,25,27)/t18-/m0/s1. The van der Waals surface area contributed by atoms with E-state index in [0.717, 1.165) is 12.1 Å². The minimum atomic E-state index is -4.81. The molecule has 0 heterocycles. The van der Waals surface area contributed by atoms with Crippen LogP contribution in [-0.4, -0.2) is 34.9 Å². The third-order valence-corrected chi connectivity index (χ3v) is 3.83. The highest BCUT2D eigenvalue weighted by Gasteiger charge is 2.38. The first-order valence-electron chi connectivity index (χ1n) is 7.99. The van der Waals surface area contributed by atoms with Gasteiger partial charge in [0.2, 0.25) is 5.60 Å². The second-order valence-corrected chi connectivity index (χ2v) is 5.91. The summed E-state index contributed by atoms with van der Waals surface area (Å²) in [7, 11) is 0. The molecule has 10 heteroatoms. The Bertz CT molecular complexity index is 978. The first kappa shape index (κ1) is 21.7. The molecule has 150 valence electrons. The number of alkyl halides is 3. The Balaban J connectivity index is 2.16. The van der Waals surface area contributed by atoms with Crippen LogP contribution < -0.4 is 10.1 Å². The molecule has 1 atom stereocenters. The van der Waals surface area contributed by atoms with Crippen molar-refractivity contribution in [1.29, 1.82) is 5.26 Å². The number of rotatable bonds is 6. The van der Waals surface area contributed by atoms with Crippen molar-refractivity contribution in [3.63, 3.8) is 0 Å². The van der Waals surface area contributed by atoms with E-state index < -0.39 is 42.1 Å². The molecule has 0 fully saturated rings. The van der Waals surface area contributed by atoms with Gasteiger partial charge in [0.1, 0.15) is 12.4 Å². The van der Waals surface area contributed by atoms with Crippen molar-refractivity contribution in [2.75, 3.05) is 18.5 Å². The van der Waals surface area contributed by atoms with Crippen LogP contribution in [-0.2, 0) is 11.0 Å². The monoisotopic (exact) mass is 405 g/mol. The fourth-order valence-electron chi connectivity index (χ4n) is 2.20. The van der Waals surface area contributed by atoms with E-state index >= 15 is 0 Å². The minimum Gasteiger partial charge on any atom is -0.490 e. The number of anilines is 1. The van der Waals surface area contributed by atoms with E-state index in [9.17, 15) is 28.2 Å². The van der Waals surface area contributed by atoms with Gasteiger partial charge in [-0.25, -0.2) is 4.85 Å². The molecular formula is C19H14F3N3O4. The van der Waals surface area contributed by atoms with Crippen LogP contribution in [0.1, 0.15) is 11.1 Å². The van der Waals surface area contributed by atoms with Gasteiger partial charge in [-0.2, -0.15) is 18.4 Å². The lowest BCUT2D eigenvalue weighted by molar-refractivity contribution is -0.142. The number of halogens is 3. The van der Waals surface area contributed by atoms with Gasteiger partial charge >= 0.3 is 6.18 Å². The molecule has 3 N–H and O–H groups in total. The number of benzene rings is 2. The van der Waals surface area contributed by atoms with Gasteiger partial charge in [-0.1, -0.05) is 6.07 Å². The number of nitrogens with one attached hydrogen (secondary N) is 1. The van der Waals surface area contributed by atoms with Crippen LogP contribution in [0, 0.1) is 17.9 Å². The molecule has 0 saturated carbocycles. The molecule has 7 nitrogen and oxygen atoms in total. The molecule has 2 rings (SSSR count). The topological polar surface area (TPSA) is 107 Å². The first-order chi connectivity index (χ1) is 13.6.